The van der Waals surface area contributed by atoms with Gasteiger partial charge in [-0.3, -0.25) is 4.79 Å². The summed E-state index contributed by atoms with van der Waals surface area (Å²) in [6.07, 6.45) is 0.525. The summed E-state index contributed by atoms with van der Waals surface area (Å²) in [5.74, 6) is 0.0469. The molecular weight excluding hydrogens is 152 g/mol. The number of hydrogen-bond acceptors (Lipinski definition) is 3. The minimum Gasteiger partial charge on any atom is -0.300 e. The van der Waals surface area contributed by atoms with E-state index in [1.54, 1.807) is 0 Å². The molecule has 1 saturated heterocycles. The predicted molar refractivity (Wildman–Crippen MR) is 37.4 cm³/mol. The van der Waals surface area contributed by atoms with Crippen LogP contribution in [0.25, 0.3) is 0 Å². The molecule has 0 bridgehead atoms. The molecule has 1 unspecified atom stereocenters. The average molecular weight is 162 g/mol. The van der Waals surface area contributed by atoms with E-state index in [1.165, 1.54) is 6.92 Å². The van der Waals surface area contributed by atoms with Gasteiger partial charge in [0.1, 0.15) is 5.78 Å². The molecule has 58 valence electrons. The highest BCUT2D eigenvalue weighted by molar-refractivity contribution is 7.91. The number of rotatable bonds is 1. The van der Waals surface area contributed by atoms with Gasteiger partial charge in [-0.05, 0) is 13.3 Å². The van der Waals surface area contributed by atoms with E-state index in [1.807, 2.05) is 0 Å². The van der Waals surface area contributed by atoms with Crippen molar-refractivity contribution in [2.75, 3.05) is 11.5 Å². The Morgan fingerprint density at radius 3 is 2.30 bits per heavy atom. The third kappa shape index (κ3) is 1.56. The lowest BCUT2D eigenvalue weighted by Gasteiger charge is -1.97. The topological polar surface area (TPSA) is 51.2 Å². The summed E-state index contributed by atoms with van der Waals surface area (Å²) in [5.41, 5.74) is 0. The molecular formula is C6H10O3S. The van der Waals surface area contributed by atoms with Gasteiger partial charge in [-0.1, -0.05) is 0 Å². The van der Waals surface area contributed by atoms with E-state index in [-0.39, 0.29) is 23.2 Å². The Balaban J connectivity index is 2.69. The molecule has 0 saturated carbocycles. The van der Waals surface area contributed by atoms with Gasteiger partial charge in [0.05, 0.1) is 11.5 Å². The van der Waals surface area contributed by atoms with Crippen molar-refractivity contribution in [2.24, 2.45) is 5.92 Å². The lowest BCUT2D eigenvalue weighted by molar-refractivity contribution is -0.120. The second kappa shape index (κ2) is 2.34. The highest BCUT2D eigenvalue weighted by Crippen LogP contribution is 2.18. The summed E-state index contributed by atoms with van der Waals surface area (Å²) >= 11 is 0. The zero-order valence-electron chi connectivity index (χ0n) is 5.83. The smallest absolute Gasteiger partial charge is 0.151 e. The molecule has 0 spiro atoms. The van der Waals surface area contributed by atoms with Crippen LogP contribution in [-0.4, -0.2) is 25.7 Å². The Labute approximate surface area is 60.3 Å². The van der Waals surface area contributed by atoms with Crippen molar-refractivity contribution in [3.63, 3.8) is 0 Å². The van der Waals surface area contributed by atoms with Gasteiger partial charge in [0.25, 0.3) is 0 Å². The molecule has 0 amide bonds. The molecule has 0 N–H and O–H groups in total. The van der Waals surface area contributed by atoms with Crippen LogP contribution in [0.5, 0.6) is 0 Å². The van der Waals surface area contributed by atoms with Crippen molar-refractivity contribution < 1.29 is 13.2 Å². The van der Waals surface area contributed by atoms with Gasteiger partial charge in [-0.2, -0.15) is 0 Å². The van der Waals surface area contributed by atoms with Gasteiger partial charge in [-0.25, -0.2) is 8.42 Å². The zero-order chi connectivity index (χ0) is 7.78. The molecule has 1 fully saturated rings. The first kappa shape index (κ1) is 7.72. The first-order valence-electron chi connectivity index (χ1n) is 3.22. The van der Waals surface area contributed by atoms with Crippen molar-refractivity contribution in [3.05, 3.63) is 0 Å². The molecule has 4 heteroatoms. The van der Waals surface area contributed by atoms with Crippen LogP contribution in [0.1, 0.15) is 13.3 Å². The molecule has 1 rings (SSSR count). The van der Waals surface area contributed by atoms with E-state index in [4.69, 9.17) is 0 Å². The lowest BCUT2D eigenvalue weighted by atomic mass is 10.1. The van der Waals surface area contributed by atoms with Crippen LogP contribution in [0.3, 0.4) is 0 Å². The Morgan fingerprint density at radius 1 is 1.50 bits per heavy atom. The van der Waals surface area contributed by atoms with Crippen molar-refractivity contribution in [2.45, 2.75) is 13.3 Å². The minimum atomic E-state index is -2.86. The van der Waals surface area contributed by atoms with E-state index < -0.39 is 9.84 Å². The van der Waals surface area contributed by atoms with Gasteiger partial charge < -0.3 is 0 Å². The number of hydrogen-bond donors (Lipinski definition) is 0. The second-order valence-corrected chi connectivity index (χ2v) is 4.94. The quantitative estimate of drug-likeness (QED) is 0.545. The van der Waals surface area contributed by atoms with Crippen LogP contribution in [0.4, 0.5) is 0 Å². The monoisotopic (exact) mass is 162 g/mol. The third-order valence-corrected chi connectivity index (χ3v) is 3.58. The van der Waals surface area contributed by atoms with Crippen LogP contribution >= 0.6 is 0 Å². The predicted octanol–water partition coefficient (Wildman–Crippen LogP) is 0.0101. The lowest BCUT2D eigenvalue weighted by Crippen LogP contribution is -2.11. The minimum absolute atomic E-state index is 0.000995. The standard InChI is InChI=1S/C6H10O3S/c1-5(7)6-2-3-10(8,9)4-6/h6H,2-4H2,1H3. The summed E-state index contributed by atoms with van der Waals surface area (Å²) < 4.78 is 21.6. The molecule has 0 aromatic rings. The molecule has 0 aliphatic carbocycles. The fourth-order valence-corrected chi connectivity index (χ4v) is 2.94. The molecule has 3 nitrogen and oxygen atoms in total. The fourth-order valence-electron chi connectivity index (χ4n) is 1.12. The van der Waals surface area contributed by atoms with Crippen LogP contribution in [0, 0.1) is 5.92 Å². The average Bonchev–Trinajstić information content (AvgIpc) is 2.10. The highest BCUT2D eigenvalue weighted by atomic mass is 32.2. The van der Waals surface area contributed by atoms with E-state index in [2.05, 4.69) is 0 Å². The maximum Gasteiger partial charge on any atom is 0.151 e. The zero-order valence-corrected chi connectivity index (χ0v) is 6.65. The van der Waals surface area contributed by atoms with Crippen LogP contribution < -0.4 is 0 Å². The van der Waals surface area contributed by atoms with Crippen molar-refractivity contribution in [3.8, 4) is 0 Å². The van der Waals surface area contributed by atoms with Crippen LogP contribution in [-0.2, 0) is 14.6 Å². The van der Waals surface area contributed by atoms with Gasteiger partial charge >= 0.3 is 0 Å². The number of ketones is 1. The fraction of sp³-hybridized carbons (Fsp3) is 0.833. The molecule has 0 aromatic carbocycles. The third-order valence-electron chi connectivity index (χ3n) is 1.81. The molecule has 0 aromatic heterocycles. The van der Waals surface area contributed by atoms with E-state index >= 15 is 0 Å². The van der Waals surface area contributed by atoms with Gasteiger partial charge in [0.15, 0.2) is 9.84 Å². The Hall–Kier alpha value is -0.380. The maximum absolute atomic E-state index is 10.8. The Morgan fingerprint density at radius 2 is 2.10 bits per heavy atom. The first-order valence-corrected chi connectivity index (χ1v) is 5.04. The van der Waals surface area contributed by atoms with Crippen molar-refractivity contribution in [1.29, 1.82) is 0 Å². The normalized spacial score (nSPS) is 30.3. The molecule has 0 radical (unpaired) electrons. The van der Waals surface area contributed by atoms with E-state index in [0.717, 1.165) is 0 Å². The van der Waals surface area contributed by atoms with Crippen molar-refractivity contribution >= 4 is 15.6 Å². The molecule has 10 heavy (non-hydrogen) atoms. The van der Waals surface area contributed by atoms with E-state index in [0.29, 0.717) is 6.42 Å². The number of carbonyl (C=O) groups is 1. The Kier molecular flexibility index (Phi) is 1.81. The molecule has 1 heterocycles. The maximum atomic E-state index is 10.8. The molecule has 1 atom stereocenters. The summed E-state index contributed by atoms with van der Waals surface area (Å²) in [5, 5.41) is 0. The summed E-state index contributed by atoms with van der Waals surface area (Å²) in [6, 6.07) is 0. The first-order chi connectivity index (χ1) is 4.51. The number of sulfone groups is 1. The van der Waals surface area contributed by atoms with Crippen LogP contribution in [0.2, 0.25) is 0 Å². The van der Waals surface area contributed by atoms with Crippen LogP contribution in [0.15, 0.2) is 0 Å². The highest BCUT2D eigenvalue weighted by Gasteiger charge is 2.30. The molecule has 1 aliphatic heterocycles. The molecule has 1 aliphatic rings. The summed E-state index contributed by atoms with van der Waals surface area (Å²) in [4.78, 5) is 10.7. The second-order valence-electron chi connectivity index (χ2n) is 2.71. The van der Waals surface area contributed by atoms with Gasteiger partial charge in [-0.15, -0.1) is 0 Å². The van der Waals surface area contributed by atoms with Gasteiger partial charge in [0, 0.05) is 5.92 Å². The number of Topliss-reactive ketones (excluding diaryl/α,β-unsaturated/α-hetero) is 1. The van der Waals surface area contributed by atoms with Crippen molar-refractivity contribution in [1.82, 2.24) is 0 Å². The largest absolute Gasteiger partial charge is 0.300 e. The Bertz CT molecular complexity index is 240. The van der Waals surface area contributed by atoms with Gasteiger partial charge in [0.2, 0.25) is 0 Å². The van der Waals surface area contributed by atoms with E-state index in [9.17, 15) is 13.2 Å². The summed E-state index contributed by atoms with van der Waals surface area (Å²) in [7, 11) is -2.86. The number of carbonyl (C=O) groups excluding carboxylic acids is 1. The summed E-state index contributed by atoms with van der Waals surface area (Å²) in [6.45, 7) is 1.45. The SMILES string of the molecule is CC(=O)C1CCS(=O)(=O)C1.